The van der Waals surface area contributed by atoms with E-state index in [1.807, 2.05) is 11.0 Å². The number of piperidine rings is 1. The number of nitriles is 1. The Kier molecular flexibility index (Phi) is 9.33. The summed E-state index contributed by atoms with van der Waals surface area (Å²) in [7, 11) is 0. The normalized spacial score (nSPS) is 16.3. The standard InChI is InChI=1S/C22H30N2O4/c1-2-27-22(26)13-12-19-9-3-5-14-24(19)21(25)11-4-6-15-28-20-10-7-8-18(16-20)17-23/h7-8,10,16,19H,2-6,9,11-15H2,1H3/t19-/m1/s1. The van der Waals surface area contributed by atoms with Crippen molar-refractivity contribution in [3.8, 4) is 11.8 Å². The Labute approximate surface area is 167 Å². The molecule has 1 heterocycles. The molecule has 1 atom stereocenters. The maximum Gasteiger partial charge on any atom is 0.305 e. The Balaban J connectivity index is 1.69. The van der Waals surface area contributed by atoms with E-state index in [9.17, 15) is 9.59 Å². The summed E-state index contributed by atoms with van der Waals surface area (Å²) < 4.78 is 10.7. The zero-order valence-corrected chi connectivity index (χ0v) is 16.7. The summed E-state index contributed by atoms with van der Waals surface area (Å²) in [6.07, 6.45) is 6.19. The fourth-order valence-corrected chi connectivity index (χ4v) is 3.51. The van der Waals surface area contributed by atoms with Crippen LogP contribution < -0.4 is 4.74 Å². The highest BCUT2D eigenvalue weighted by Gasteiger charge is 2.26. The number of rotatable bonds is 10. The van der Waals surface area contributed by atoms with E-state index < -0.39 is 0 Å². The van der Waals surface area contributed by atoms with Crippen molar-refractivity contribution in [3.63, 3.8) is 0 Å². The van der Waals surface area contributed by atoms with Gasteiger partial charge in [-0.25, -0.2) is 0 Å². The largest absolute Gasteiger partial charge is 0.494 e. The molecule has 152 valence electrons. The Morgan fingerprint density at radius 3 is 2.89 bits per heavy atom. The van der Waals surface area contributed by atoms with Crippen LogP contribution >= 0.6 is 0 Å². The van der Waals surface area contributed by atoms with Gasteiger partial charge in [0.1, 0.15) is 5.75 Å². The third kappa shape index (κ3) is 7.22. The van der Waals surface area contributed by atoms with Crippen LogP contribution in [0.3, 0.4) is 0 Å². The molecule has 1 aliphatic rings. The van der Waals surface area contributed by atoms with Crippen molar-refractivity contribution in [1.82, 2.24) is 4.90 Å². The number of hydrogen-bond acceptors (Lipinski definition) is 5. The van der Waals surface area contributed by atoms with Gasteiger partial charge in [0.05, 0.1) is 24.8 Å². The molecule has 2 rings (SSSR count). The monoisotopic (exact) mass is 386 g/mol. The molecule has 6 heteroatoms. The van der Waals surface area contributed by atoms with Gasteiger partial charge in [0, 0.05) is 25.4 Å². The van der Waals surface area contributed by atoms with Crippen LogP contribution in [0, 0.1) is 11.3 Å². The molecule has 0 radical (unpaired) electrons. The number of ether oxygens (including phenoxy) is 2. The van der Waals surface area contributed by atoms with E-state index >= 15 is 0 Å². The third-order valence-electron chi connectivity index (χ3n) is 4.95. The van der Waals surface area contributed by atoms with Crippen molar-refractivity contribution in [2.75, 3.05) is 19.8 Å². The fraction of sp³-hybridized carbons (Fsp3) is 0.591. The van der Waals surface area contributed by atoms with Crippen LogP contribution in [0.4, 0.5) is 0 Å². The first-order valence-electron chi connectivity index (χ1n) is 10.2. The molecule has 1 aliphatic heterocycles. The molecule has 0 saturated carbocycles. The topological polar surface area (TPSA) is 79.6 Å². The molecule has 0 aliphatic carbocycles. The summed E-state index contributed by atoms with van der Waals surface area (Å²) in [5.74, 6) is 0.665. The Bertz CT molecular complexity index is 683. The average molecular weight is 386 g/mol. The number of unbranched alkanes of at least 4 members (excludes halogenated alkanes) is 1. The van der Waals surface area contributed by atoms with Crippen LogP contribution in [0.15, 0.2) is 24.3 Å². The molecule has 1 aromatic carbocycles. The van der Waals surface area contributed by atoms with E-state index in [1.54, 1.807) is 25.1 Å². The van der Waals surface area contributed by atoms with E-state index in [-0.39, 0.29) is 17.9 Å². The fourth-order valence-electron chi connectivity index (χ4n) is 3.51. The minimum atomic E-state index is -0.182. The van der Waals surface area contributed by atoms with Gasteiger partial charge in [-0.05, 0) is 63.6 Å². The summed E-state index contributed by atoms with van der Waals surface area (Å²) in [4.78, 5) is 26.2. The lowest BCUT2D eigenvalue weighted by atomic mass is 9.97. The number of likely N-dealkylation sites (tertiary alicyclic amines) is 1. The minimum absolute atomic E-state index is 0.149. The van der Waals surface area contributed by atoms with Crippen molar-refractivity contribution >= 4 is 11.9 Å². The number of esters is 1. The summed E-state index contributed by atoms with van der Waals surface area (Å²) >= 11 is 0. The van der Waals surface area contributed by atoms with Gasteiger partial charge < -0.3 is 14.4 Å². The molecule has 6 nitrogen and oxygen atoms in total. The molecule has 1 saturated heterocycles. The Morgan fingerprint density at radius 1 is 1.25 bits per heavy atom. The zero-order chi connectivity index (χ0) is 20.2. The van der Waals surface area contributed by atoms with Crippen molar-refractivity contribution in [3.05, 3.63) is 29.8 Å². The molecule has 1 aromatic rings. The van der Waals surface area contributed by atoms with Gasteiger partial charge in [-0.15, -0.1) is 0 Å². The molecule has 0 unspecified atom stereocenters. The number of amides is 1. The smallest absolute Gasteiger partial charge is 0.305 e. The van der Waals surface area contributed by atoms with E-state index in [4.69, 9.17) is 14.7 Å². The molecule has 0 N–H and O–H groups in total. The first-order chi connectivity index (χ1) is 13.6. The molecule has 0 spiro atoms. The Morgan fingerprint density at radius 2 is 2.11 bits per heavy atom. The van der Waals surface area contributed by atoms with Crippen molar-refractivity contribution in [1.29, 1.82) is 5.26 Å². The van der Waals surface area contributed by atoms with Gasteiger partial charge in [0.15, 0.2) is 0 Å². The number of benzene rings is 1. The van der Waals surface area contributed by atoms with Gasteiger partial charge in [-0.3, -0.25) is 9.59 Å². The highest BCUT2D eigenvalue weighted by atomic mass is 16.5. The first-order valence-corrected chi connectivity index (χ1v) is 10.2. The van der Waals surface area contributed by atoms with Crippen molar-refractivity contribution in [2.24, 2.45) is 0 Å². The molecule has 28 heavy (non-hydrogen) atoms. The van der Waals surface area contributed by atoms with E-state index in [2.05, 4.69) is 6.07 Å². The van der Waals surface area contributed by atoms with E-state index in [1.165, 1.54) is 0 Å². The lowest BCUT2D eigenvalue weighted by Gasteiger charge is -2.36. The van der Waals surface area contributed by atoms with Gasteiger partial charge in [-0.2, -0.15) is 5.26 Å². The molecule has 1 fully saturated rings. The van der Waals surface area contributed by atoms with Crippen molar-refractivity contribution in [2.45, 2.75) is 64.3 Å². The number of hydrogen-bond donors (Lipinski definition) is 0. The van der Waals surface area contributed by atoms with E-state index in [0.717, 1.165) is 38.6 Å². The quantitative estimate of drug-likeness (QED) is 0.451. The maximum atomic E-state index is 12.6. The van der Waals surface area contributed by atoms with Crippen LogP contribution in [0.2, 0.25) is 0 Å². The molecular formula is C22H30N2O4. The maximum absolute atomic E-state index is 12.6. The minimum Gasteiger partial charge on any atom is -0.494 e. The summed E-state index contributed by atoms with van der Waals surface area (Å²) in [5, 5.41) is 8.90. The number of nitrogens with zero attached hydrogens (tertiary/aromatic N) is 2. The van der Waals surface area contributed by atoms with Crippen LogP contribution in [-0.2, 0) is 14.3 Å². The predicted octanol–water partition coefficient (Wildman–Crippen LogP) is 3.83. The van der Waals surface area contributed by atoms with Gasteiger partial charge in [0.25, 0.3) is 0 Å². The summed E-state index contributed by atoms with van der Waals surface area (Å²) in [5.41, 5.74) is 0.576. The lowest BCUT2D eigenvalue weighted by Crippen LogP contribution is -2.43. The number of carbonyl (C=O) groups is 2. The molecule has 0 aromatic heterocycles. The zero-order valence-electron chi connectivity index (χ0n) is 16.7. The van der Waals surface area contributed by atoms with Crippen LogP contribution in [0.1, 0.15) is 63.9 Å². The van der Waals surface area contributed by atoms with Gasteiger partial charge in [0.2, 0.25) is 5.91 Å². The van der Waals surface area contributed by atoms with Gasteiger partial charge in [-0.1, -0.05) is 6.07 Å². The summed E-state index contributed by atoms with van der Waals surface area (Å²) in [6.45, 7) is 3.51. The highest BCUT2D eigenvalue weighted by molar-refractivity contribution is 5.76. The Hall–Kier alpha value is -2.55. The van der Waals surface area contributed by atoms with Crippen molar-refractivity contribution < 1.29 is 19.1 Å². The third-order valence-corrected chi connectivity index (χ3v) is 4.95. The summed E-state index contributed by atoms with van der Waals surface area (Å²) in [6, 6.07) is 9.32. The van der Waals surface area contributed by atoms with Crippen LogP contribution in [-0.4, -0.2) is 42.6 Å². The first kappa shape index (κ1) is 21.7. The second kappa shape index (κ2) is 12.0. The number of carbonyl (C=O) groups excluding carboxylic acids is 2. The van der Waals surface area contributed by atoms with Crippen LogP contribution in [0.25, 0.3) is 0 Å². The molecular weight excluding hydrogens is 356 g/mol. The SMILES string of the molecule is CCOC(=O)CC[C@H]1CCCCN1C(=O)CCCCOc1cccc(C#N)c1. The second-order valence-electron chi connectivity index (χ2n) is 7.03. The van der Waals surface area contributed by atoms with Crippen LogP contribution in [0.5, 0.6) is 5.75 Å². The molecule has 0 bridgehead atoms. The predicted molar refractivity (Wildman–Crippen MR) is 106 cm³/mol. The average Bonchev–Trinajstić information content (AvgIpc) is 2.72. The molecule has 1 amide bonds. The van der Waals surface area contributed by atoms with E-state index in [0.29, 0.717) is 43.8 Å². The van der Waals surface area contributed by atoms with Gasteiger partial charge >= 0.3 is 5.97 Å². The second-order valence-corrected chi connectivity index (χ2v) is 7.03. The highest BCUT2D eigenvalue weighted by Crippen LogP contribution is 2.22. The lowest BCUT2D eigenvalue weighted by molar-refractivity contribution is -0.144.